The number of benzene rings is 4. The minimum absolute atomic E-state index is 0. The van der Waals surface area contributed by atoms with Gasteiger partial charge in [-0.15, -0.1) is 11.8 Å². The molecule has 0 amide bonds. The van der Waals surface area contributed by atoms with Crippen LogP contribution in [0.4, 0.5) is 11.4 Å². The Morgan fingerprint density at radius 3 is 1.82 bits per heavy atom. The molecule has 0 spiro atoms. The zero-order valence-electron chi connectivity index (χ0n) is 22.0. The number of hydrogen-bond acceptors (Lipinski definition) is 5. The maximum absolute atomic E-state index is 7.00. The molecule has 1 saturated heterocycles. The first-order valence-corrected chi connectivity index (χ1v) is 12.2. The van der Waals surface area contributed by atoms with E-state index in [9.17, 15) is 0 Å². The third-order valence-electron chi connectivity index (χ3n) is 5.63. The van der Waals surface area contributed by atoms with Crippen LogP contribution in [0.25, 0.3) is 5.69 Å². The Labute approximate surface area is 245 Å². The number of anilines is 2. The van der Waals surface area contributed by atoms with E-state index in [1.165, 1.54) is 11.3 Å². The molecule has 2 N–H and O–H groups in total. The van der Waals surface area contributed by atoms with Gasteiger partial charge in [-0.2, -0.15) is 59.7 Å². The Morgan fingerprint density at radius 1 is 0.718 bits per heavy atom. The van der Waals surface area contributed by atoms with E-state index in [2.05, 4.69) is 106 Å². The fourth-order valence-electron chi connectivity index (χ4n) is 4.07. The van der Waals surface area contributed by atoms with Crippen LogP contribution in [-0.4, -0.2) is 40.8 Å². The molecule has 6 nitrogen and oxygen atoms in total. The van der Waals surface area contributed by atoms with E-state index < -0.39 is 0 Å². The van der Waals surface area contributed by atoms with Crippen LogP contribution in [0, 0.1) is 18.7 Å². The summed E-state index contributed by atoms with van der Waals surface area (Å²) in [5, 5.41) is 18.1. The van der Waals surface area contributed by atoms with Gasteiger partial charge in [-0.25, -0.2) is 6.54 Å². The Balaban J connectivity index is 0.000000281. The molecule has 0 saturated carbocycles. The Bertz CT molecular complexity index is 1210. The van der Waals surface area contributed by atoms with E-state index in [-0.39, 0.29) is 26.3 Å². The summed E-state index contributed by atoms with van der Waals surface area (Å²) in [6.07, 6.45) is 3.80. The molecule has 1 aliphatic heterocycles. The molecule has 5 aromatic rings. The predicted octanol–water partition coefficient (Wildman–Crippen LogP) is 5.56. The fourth-order valence-corrected chi connectivity index (χ4v) is 4.07. The third kappa shape index (κ3) is 8.63. The van der Waals surface area contributed by atoms with Crippen molar-refractivity contribution in [2.75, 3.05) is 30.6 Å². The molecule has 1 aliphatic rings. The Hall–Kier alpha value is -3.74. The molecule has 1 fully saturated rings. The van der Waals surface area contributed by atoms with Crippen molar-refractivity contribution in [1.82, 2.24) is 9.78 Å². The van der Waals surface area contributed by atoms with E-state index in [0.29, 0.717) is 0 Å². The summed E-state index contributed by atoms with van der Waals surface area (Å²) < 4.78 is 1.78. The second-order valence-corrected chi connectivity index (χ2v) is 7.81. The number of nitrogens with zero attached hydrogens (tertiary/aromatic N) is 4. The van der Waals surface area contributed by atoms with Gasteiger partial charge in [-0.05, 0) is 29.4 Å². The Morgan fingerprint density at radius 2 is 1.28 bits per heavy atom. The van der Waals surface area contributed by atoms with Crippen LogP contribution >= 0.6 is 0 Å². The monoisotopic (exact) mass is 698 g/mol. The largest absolute Gasteiger partial charge is 3.00 e. The van der Waals surface area contributed by atoms with Gasteiger partial charge in [-0.3, -0.25) is 4.68 Å². The van der Waals surface area contributed by atoms with Gasteiger partial charge in [0.1, 0.15) is 0 Å². The number of hydrogen-bond donors (Lipinski definition) is 2. The first-order chi connectivity index (χ1) is 18.9. The second kappa shape index (κ2) is 17.7. The van der Waals surface area contributed by atoms with Crippen molar-refractivity contribution in [1.29, 1.82) is 0 Å². The molecule has 0 aliphatic carbocycles. The van der Waals surface area contributed by atoms with Gasteiger partial charge in [0.05, 0.1) is 6.17 Å². The minimum atomic E-state index is 0. The molecule has 1 atom stereocenters. The van der Waals surface area contributed by atoms with Crippen molar-refractivity contribution in [2.24, 2.45) is 0 Å². The molecule has 2 heterocycles. The van der Waals surface area contributed by atoms with E-state index in [0.717, 1.165) is 32.1 Å². The number of aromatic nitrogens is 2. The summed E-state index contributed by atoms with van der Waals surface area (Å²) in [5.41, 5.74) is 4.58. The van der Waals surface area contributed by atoms with Crippen LogP contribution in [0.1, 0.15) is 11.7 Å². The molecule has 39 heavy (non-hydrogen) atoms. The van der Waals surface area contributed by atoms with Crippen LogP contribution in [-0.2, 0) is 20.1 Å². The van der Waals surface area contributed by atoms with Crippen molar-refractivity contribution in [3.63, 3.8) is 0 Å². The molecular weight excluding hydrogens is 665 g/mol. The number of para-hydroxylation sites is 3. The van der Waals surface area contributed by atoms with Gasteiger partial charge in [0.25, 0.3) is 0 Å². The summed E-state index contributed by atoms with van der Waals surface area (Å²) in [6, 6.07) is 45.4. The van der Waals surface area contributed by atoms with Crippen LogP contribution in [0.15, 0.2) is 128 Å². The summed E-state index contributed by atoms with van der Waals surface area (Å²) in [6.45, 7) is 3.13. The molecule has 0 radical (unpaired) electrons. The molecule has 202 valence electrons. The van der Waals surface area contributed by atoms with Crippen molar-refractivity contribution in [3.8, 4) is 5.69 Å². The maximum atomic E-state index is 7.00. The zero-order chi connectivity index (χ0) is 27.0. The minimum Gasteiger partial charge on any atom is -0.519 e. The summed E-state index contributed by atoms with van der Waals surface area (Å²) in [5.74, 6) is 0. The van der Waals surface area contributed by atoms with Gasteiger partial charge in [0.15, 0.2) is 0 Å². The van der Waals surface area contributed by atoms with E-state index in [4.69, 9.17) is 10.2 Å². The second-order valence-electron chi connectivity index (χ2n) is 7.81. The first kappa shape index (κ1) is 31.5. The predicted molar refractivity (Wildman–Crippen MR) is 154 cm³/mol. The van der Waals surface area contributed by atoms with Gasteiger partial charge in [0.2, 0.25) is 0 Å². The SMILES string of the molecule is CO.CO.[Ir+3].[c-]1ccccc1-n1cccn1.[c-]1ccccc1N1[CH-]CN(c2ccccc2)C1c1ccccc1. The number of aliphatic hydroxyl groups is 2. The van der Waals surface area contributed by atoms with Gasteiger partial charge in [-0.1, -0.05) is 55.1 Å². The standard InChI is InChI=1S/C21H18N2.C9H7N2.2CH4O.Ir/c1-4-10-18(11-5-1)21-22(19-12-6-2-7-13-19)16-17-23(21)20-14-8-3-9-15-20;1-2-5-9(6-3-1)11-8-4-7-10-11;2*1-2;/h1-14,17,21H,16H2;1-5,7-8H;2*2H,1H3;/q-2;-1;;;+3. The van der Waals surface area contributed by atoms with Crippen molar-refractivity contribution in [2.45, 2.75) is 6.17 Å². The molecule has 6 rings (SSSR count). The normalized spacial score (nSPS) is 13.4. The first-order valence-electron chi connectivity index (χ1n) is 12.2. The van der Waals surface area contributed by atoms with Gasteiger partial charge < -0.3 is 20.0 Å². The van der Waals surface area contributed by atoms with Crippen LogP contribution in [0.3, 0.4) is 0 Å². The van der Waals surface area contributed by atoms with E-state index in [1.54, 1.807) is 10.9 Å². The molecule has 7 heteroatoms. The van der Waals surface area contributed by atoms with Crippen LogP contribution < -0.4 is 9.80 Å². The summed E-state index contributed by atoms with van der Waals surface area (Å²) in [7, 11) is 2.00. The van der Waals surface area contributed by atoms with Crippen LogP contribution in [0.2, 0.25) is 0 Å². The molecule has 4 aromatic carbocycles. The number of rotatable bonds is 4. The Kier molecular flexibility index (Phi) is 14.3. The maximum Gasteiger partial charge on any atom is 3.00 e. The summed E-state index contributed by atoms with van der Waals surface area (Å²) >= 11 is 0. The molecular formula is C32H33IrN4O2. The van der Waals surface area contributed by atoms with Crippen molar-refractivity contribution in [3.05, 3.63) is 152 Å². The topological polar surface area (TPSA) is 64.8 Å². The molecule has 1 aromatic heterocycles. The quantitative estimate of drug-likeness (QED) is 0.241. The third-order valence-corrected chi connectivity index (χ3v) is 5.63. The van der Waals surface area contributed by atoms with Crippen LogP contribution in [0.5, 0.6) is 0 Å². The molecule has 0 bridgehead atoms. The smallest absolute Gasteiger partial charge is 0.519 e. The zero-order valence-corrected chi connectivity index (χ0v) is 24.4. The van der Waals surface area contributed by atoms with Crippen molar-refractivity contribution >= 4 is 11.4 Å². The average Bonchev–Trinajstić information content (AvgIpc) is 3.73. The van der Waals surface area contributed by atoms with E-state index >= 15 is 0 Å². The van der Waals surface area contributed by atoms with Gasteiger partial charge in [0, 0.05) is 32.3 Å². The van der Waals surface area contributed by atoms with Gasteiger partial charge >= 0.3 is 20.1 Å². The van der Waals surface area contributed by atoms with Crippen molar-refractivity contribution < 1.29 is 30.3 Å². The summed E-state index contributed by atoms with van der Waals surface area (Å²) in [4.78, 5) is 4.72. The fraction of sp³-hybridized carbons (Fsp3) is 0.125. The number of aliphatic hydroxyl groups excluding tert-OH is 2. The average molecular weight is 698 g/mol. The molecule has 1 unspecified atom stereocenters. The van der Waals surface area contributed by atoms with E-state index in [1.807, 2.05) is 48.7 Å².